The molecule has 1 aliphatic heterocycles. The third kappa shape index (κ3) is 3.06. The third-order valence-electron chi connectivity index (χ3n) is 3.40. The van der Waals surface area contributed by atoms with Crippen LogP contribution in [0.15, 0.2) is 35.5 Å². The number of rotatable bonds is 3. The molecule has 1 saturated heterocycles. The Labute approximate surface area is 128 Å². The largest absolute Gasteiger partial charge is 0.344 e. The van der Waals surface area contributed by atoms with Gasteiger partial charge in [0.2, 0.25) is 0 Å². The minimum atomic E-state index is -0.314. The maximum Gasteiger partial charge on any atom is 0.255 e. The number of allylic oxidation sites excluding steroid dienone is 2. The van der Waals surface area contributed by atoms with Crippen LogP contribution in [0, 0.1) is 34.0 Å². The summed E-state index contributed by atoms with van der Waals surface area (Å²) in [7, 11) is 0. The summed E-state index contributed by atoms with van der Waals surface area (Å²) in [5.74, 6) is -0.117. The smallest absolute Gasteiger partial charge is 0.255 e. The molecule has 1 aromatic carbocycles. The molecule has 0 saturated carbocycles. The third-order valence-corrected chi connectivity index (χ3v) is 3.40. The van der Waals surface area contributed by atoms with Gasteiger partial charge in [-0.3, -0.25) is 4.79 Å². The Bertz CT molecular complexity index is 723. The molecule has 6 nitrogen and oxygen atoms in total. The molecule has 0 atom stereocenters. The van der Waals surface area contributed by atoms with Crippen molar-refractivity contribution in [2.45, 2.75) is 12.8 Å². The zero-order chi connectivity index (χ0) is 15.9. The van der Waals surface area contributed by atoms with Gasteiger partial charge >= 0.3 is 0 Å². The first-order valence-corrected chi connectivity index (χ1v) is 6.81. The number of nitrogens with zero attached hydrogens (tertiary/aromatic N) is 4. The Kier molecular flexibility index (Phi) is 4.75. The summed E-state index contributed by atoms with van der Waals surface area (Å²) in [6.45, 7) is 1.44. The SMILES string of the molecule is N#CC(C#N)=C(C#N)Nc1ccccc1C(=O)N1CCCC1. The molecule has 0 bridgehead atoms. The number of nitrogens with one attached hydrogen (secondary N) is 1. The van der Waals surface area contributed by atoms with Crippen LogP contribution in [0.1, 0.15) is 23.2 Å². The van der Waals surface area contributed by atoms with E-state index in [4.69, 9.17) is 15.8 Å². The molecule has 0 aromatic heterocycles. The van der Waals surface area contributed by atoms with Gasteiger partial charge in [0.15, 0.2) is 5.57 Å². The molecule has 22 heavy (non-hydrogen) atoms. The molecule has 2 rings (SSSR count). The fourth-order valence-electron chi connectivity index (χ4n) is 2.29. The number of likely N-dealkylation sites (tertiary alicyclic amines) is 1. The molecule has 1 amide bonds. The Hall–Kier alpha value is -3.30. The molecule has 108 valence electrons. The van der Waals surface area contributed by atoms with Gasteiger partial charge in [-0.15, -0.1) is 0 Å². The van der Waals surface area contributed by atoms with Crippen LogP contribution >= 0.6 is 0 Å². The van der Waals surface area contributed by atoms with Crippen molar-refractivity contribution in [3.63, 3.8) is 0 Å². The maximum atomic E-state index is 12.5. The summed E-state index contributed by atoms with van der Waals surface area (Å²) in [6, 6.07) is 11.9. The van der Waals surface area contributed by atoms with E-state index in [0.29, 0.717) is 11.3 Å². The van der Waals surface area contributed by atoms with Crippen LogP contribution in [0.5, 0.6) is 0 Å². The first-order chi connectivity index (χ1) is 10.7. The van der Waals surface area contributed by atoms with Gasteiger partial charge in [-0.25, -0.2) is 0 Å². The van der Waals surface area contributed by atoms with Crippen LogP contribution < -0.4 is 5.32 Å². The van der Waals surface area contributed by atoms with Gasteiger partial charge in [0.05, 0.1) is 11.3 Å². The zero-order valence-electron chi connectivity index (χ0n) is 11.8. The molecule has 1 heterocycles. The number of amides is 1. The summed E-state index contributed by atoms with van der Waals surface area (Å²) < 4.78 is 0. The van der Waals surface area contributed by atoms with Crippen molar-refractivity contribution in [2.75, 3.05) is 18.4 Å². The lowest BCUT2D eigenvalue weighted by atomic mass is 10.1. The molecule has 0 spiro atoms. The number of hydrogen-bond acceptors (Lipinski definition) is 5. The number of carbonyl (C=O) groups excluding carboxylic acids is 1. The predicted octanol–water partition coefficient (Wildman–Crippen LogP) is 2.16. The second kappa shape index (κ2) is 6.92. The minimum absolute atomic E-state index is 0.117. The molecule has 1 aromatic rings. The lowest BCUT2D eigenvalue weighted by molar-refractivity contribution is 0.0794. The normalized spacial score (nSPS) is 12.7. The quantitative estimate of drug-likeness (QED) is 0.859. The Morgan fingerprint density at radius 3 is 2.27 bits per heavy atom. The number of carbonyl (C=O) groups is 1. The van der Waals surface area contributed by atoms with Crippen LogP contribution in [-0.2, 0) is 0 Å². The van der Waals surface area contributed by atoms with Gasteiger partial charge in [-0.2, -0.15) is 15.8 Å². The molecule has 1 N–H and O–H groups in total. The van der Waals surface area contributed by atoms with Gasteiger partial charge in [-0.1, -0.05) is 12.1 Å². The Morgan fingerprint density at radius 1 is 1.05 bits per heavy atom. The van der Waals surface area contributed by atoms with E-state index in [1.54, 1.807) is 47.4 Å². The highest BCUT2D eigenvalue weighted by molar-refractivity contribution is 6.00. The summed E-state index contributed by atoms with van der Waals surface area (Å²) in [5.41, 5.74) is 0.365. The van der Waals surface area contributed by atoms with Crippen molar-refractivity contribution >= 4 is 11.6 Å². The summed E-state index contributed by atoms with van der Waals surface area (Å²) in [6.07, 6.45) is 1.97. The van der Waals surface area contributed by atoms with E-state index in [0.717, 1.165) is 25.9 Å². The number of benzene rings is 1. The highest BCUT2D eigenvalue weighted by Gasteiger charge is 2.22. The van der Waals surface area contributed by atoms with Crippen LogP contribution in [0.25, 0.3) is 0 Å². The van der Waals surface area contributed by atoms with Crippen LogP contribution in [-0.4, -0.2) is 23.9 Å². The molecule has 0 unspecified atom stereocenters. The van der Waals surface area contributed by atoms with Gasteiger partial charge in [0, 0.05) is 13.1 Å². The monoisotopic (exact) mass is 291 g/mol. The summed E-state index contributed by atoms with van der Waals surface area (Å²) in [4.78, 5) is 14.3. The fraction of sp³-hybridized carbons (Fsp3) is 0.250. The van der Waals surface area contributed by atoms with Crippen molar-refractivity contribution in [1.29, 1.82) is 15.8 Å². The predicted molar refractivity (Wildman–Crippen MR) is 79.1 cm³/mol. The Balaban J connectivity index is 2.36. The van der Waals surface area contributed by atoms with Gasteiger partial charge in [0.1, 0.15) is 23.9 Å². The average Bonchev–Trinajstić information content (AvgIpc) is 3.09. The second-order valence-electron chi connectivity index (χ2n) is 4.76. The fourth-order valence-corrected chi connectivity index (χ4v) is 2.29. The maximum absolute atomic E-state index is 12.5. The lowest BCUT2D eigenvalue weighted by Gasteiger charge is -2.18. The van der Waals surface area contributed by atoms with Crippen LogP contribution in [0.2, 0.25) is 0 Å². The van der Waals surface area contributed by atoms with Gasteiger partial charge in [0.25, 0.3) is 5.91 Å². The van der Waals surface area contributed by atoms with Gasteiger partial charge in [-0.05, 0) is 25.0 Å². The molecule has 1 fully saturated rings. The van der Waals surface area contributed by atoms with E-state index >= 15 is 0 Å². The van der Waals surface area contributed by atoms with Crippen molar-refractivity contribution in [3.8, 4) is 18.2 Å². The standard InChI is InChI=1S/C16H13N5O/c17-9-12(10-18)15(11-19)20-14-6-2-1-5-13(14)16(22)21-7-3-4-8-21/h1-2,5-6,20H,3-4,7-8H2. The van der Waals surface area contributed by atoms with E-state index in [-0.39, 0.29) is 17.2 Å². The molecular formula is C16H13N5O. The van der Waals surface area contributed by atoms with Crippen molar-refractivity contribution in [3.05, 3.63) is 41.1 Å². The highest BCUT2D eigenvalue weighted by Crippen LogP contribution is 2.22. The lowest BCUT2D eigenvalue weighted by Crippen LogP contribution is -2.28. The first kappa shape index (κ1) is 15.1. The van der Waals surface area contributed by atoms with Gasteiger partial charge < -0.3 is 10.2 Å². The first-order valence-electron chi connectivity index (χ1n) is 6.81. The Morgan fingerprint density at radius 2 is 1.68 bits per heavy atom. The number of nitriles is 3. The molecular weight excluding hydrogens is 278 g/mol. The minimum Gasteiger partial charge on any atom is -0.344 e. The van der Waals surface area contributed by atoms with E-state index in [1.165, 1.54) is 0 Å². The van der Waals surface area contributed by atoms with E-state index in [2.05, 4.69) is 5.32 Å². The number of anilines is 1. The number of hydrogen-bond donors (Lipinski definition) is 1. The van der Waals surface area contributed by atoms with Crippen LogP contribution in [0.4, 0.5) is 5.69 Å². The number of para-hydroxylation sites is 1. The van der Waals surface area contributed by atoms with Crippen LogP contribution in [0.3, 0.4) is 0 Å². The second-order valence-corrected chi connectivity index (χ2v) is 4.76. The zero-order valence-corrected chi connectivity index (χ0v) is 11.8. The van der Waals surface area contributed by atoms with E-state index in [9.17, 15) is 4.79 Å². The van der Waals surface area contributed by atoms with Crippen molar-refractivity contribution in [1.82, 2.24) is 4.90 Å². The van der Waals surface area contributed by atoms with E-state index in [1.807, 2.05) is 0 Å². The highest BCUT2D eigenvalue weighted by atomic mass is 16.2. The molecule has 0 radical (unpaired) electrons. The molecule has 1 aliphatic rings. The molecule has 0 aliphatic carbocycles. The average molecular weight is 291 g/mol. The topological polar surface area (TPSA) is 104 Å². The van der Waals surface area contributed by atoms with Crippen molar-refractivity contribution in [2.24, 2.45) is 0 Å². The summed E-state index contributed by atoms with van der Waals surface area (Å²) >= 11 is 0. The molecule has 6 heteroatoms. The van der Waals surface area contributed by atoms with Crippen molar-refractivity contribution < 1.29 is 4.79 Å². The summed E-state index contributed by atoms with van der Waals surface area (Å²) in [5, 5.41) is 29.5. The van der Waals surface area contributed by atoms with E-state index < -0.39 is 0 Å².